The molecule has 7 heteroatoms. The minimum absolute atomic E-state index is 0.157. The normalized spacial score (nSPS) is 13.5. The molecule has 170 valence electrons. The van der Waals surface area contributed by atoms with Crippen molar-refractivity contribution in [3.8, 4) is 17.6 Å². The third-order valence-electron chi connectivity index (χ3n) is 6.04. The average Bonchev–Trinajstić information content (AvgIpc) is 2.95. The average molecular weight is 437 g/mol. The maximum atomic E-state index is 12.8. The lowest BCUT2D eigenvalue weighted by molar-refractivity contribution is -0.130. The molecular weight excluding hydrogens is 404 g/mol. The van der Waals surface area contributed by atoms with Crippen molar-refractivity contribution in [2.24, 2.45) is 0 Å². The Hall–Kier alpha value is -3.24. The third kappa shape index (κ3) is 5.71. The highest BCUT2D eigenvalue weighted by molar-refractivity contribution is 5.80. The summed E-state index contributed by atoms with van der Waals surface area (Å²) in [4.78, 5) is 17.0. The third-order valence-corrected chi connectivity index (χ3v) is 6.04. The number of nitrogen functional groups attached to an aromatic ring is 1. The largest absolute Gasteiger partial charge is 0.493 e. The van der Waals surface area contributed by atoms with Gasteiger partial charge in [-0.3, -0.25) is 4.79 Å². The van der Waals surface area contributed by atoms with E-state index >= 15 is 0 Å². The number of carbonyl (C=O) groups is 1. The second kappa shape index (κ2) is 10.9. The molecule has 1 heterocycles. The van der Waals surface area contributed by atoms with Crippen LogP contribution >= 0.6 is 0 Å². The number of likely N-dealkylation sites (N-methyl/N-ethyl adjacent to an activating group) is 1. The van der Waals surface area contributed by atoms with Crippen LogP contribution in [0.5, 0.6) is 11.5 Å². The van der Waals surface area contributed by atoms with E-state index in [2.05, 4.69) is 18.0 Å². The predicted molar refractivity (Wildman–Crippen MR) is 125 cm³/mol. The van der Waals surface area contributed by atoms with E-state index in [1.54, 1.807) is 20.3 Å². The van der Waals surface area contributed by atoms with Gasteiger partial charge in [-0.15, -0.1) is 0 Å². The highest BCUT2D eigenvalue weighted by Gasteiger charge is 2.22. The Morgan fingerprint density at radius 1 is 1.12 bits per heavy atom. The molecule has 0 saturated heterocycles. The zero-order valence-corrected chi connectivity index (χ0v) is 19.2. The molecule has 0 atom stereocenters. The van der Waals surface area contributed by atoms with Crippen molar-refractivity contribution in [1.82, 2.24) is 9.80 Å². The summed E-state index contributed by atoms with van der Waals surface area (Å²) in [6, 6.07) is 11.7. The summed E-state index contributed by atoms with van der Waals surface area (Å²) in [6.07, 6.45) is 2.98. The van der Waals surface area contributed by atoms with Gasteiger partial charge in [-0.25, -0.2) is 0 Å². The van der Waals surface area contributed by atoms with Crippen molar-refractivity contribution in [3.05, 3.63) is 52.6 Å². The minimum Gasteiger partial charge on any atom is -0.493 e. The van der Waals surface area contributed by atoms with E-state index < -0.39 is 0 Å². The first-order valence-electron chi connectivity index (χ1n) is 10.9. The van der Waals surface area contributed by atoms with E-state index in [9.17, 15) is 4.79 Å². The van der Waals surface area contributed by atoms with E-state index in [4.69, 9.17) is 20.5 Å². The summed E-state index contributed by atoms with van der Waals surface area (Å²) in [5.74, 6) is 1.53. The molecular formula is C25H32N4O3. The van der Waals surface area contributed by atoms with Crippen LogP contribution in [0.1, 0.15) is 28.7 Å². The smallest absolute Gasteiger partial charge is 0.227 e. The van der Waals surface area contributed by atoms with E-state index in [1.807, 2.05) is 29.2 Å². The van der Waals surface area contributed by atoms with Crippen molar-refractivity contribution in [1.29, 1.82) is 5.26 Å². The number of methoxy groups -OCH3 is 2. The van der Waals surface area contributed by atoms with Crippen LogP contribution in [0.25, 0.3) is 0 Å². The first-order chi connectivity index (χ1) is 15.4. The minimum atomic E-state index is 0.157. The first-order valence-corrected chi connectivity index (χ1v) is 10.9. The van der Waals surface area contributed by atoms with E-state index in [0.717, 1.165) is 55.6 Å². The molecule has 0 saturated carbocycles. The van der Waals surface area contributed by atoms with Gasteiger partial charge in [0.1, 0.15) is 6.07 Å². The van der Waals surface area contributed by atoms with Gasteiger partial charge in [0, 0.05) is 25.3 Å². The second-order valence-corrected chi connectivity index (χ2v) is 8.22. The van der Waals surface area contributed by atoms with Gasteiger partial charge < -0.3 is 25.0 Å². The lowest BCUT2D eigenvalue weighted by Gasteiger charge is -2.23. The lowest BCUT2D eigenvalue weighted by atomic mass is 10.0. The Morgan fingerprint density at radius 2 is 1.84 bits per heavy atom. The van der Waals surface area contributed by atoms with Gasteiger partial charge in [-0.2, -0.15) is 5.26 Å². The van der Waals surface area contributed by atoms with Gasteiger partial charge in [0.2, 0.25) is 5.91 Å². The summed E-state index contributed by atoms with van der Waals surface area (Å²) in [6.45, 7) is 3.24. The van der Waals surface area contributed by atoms with Gasteiger partial charge in [0.05, 0.1) is 26.2 Å². The lowest BCUT2D eigenvalue weighted by Crippen LogP contribution is -2.35. The Bertz CT molecular complexity index is 999. The first kappa shape index (κ1) is 23.4. The molecule has 0 unspecified atom stereocenters. The van der Waals surface area contributed by atoms with Gasteiger partial charge in [0.15, 0.2) is 11.5 Å². The number of rotatable bonds is 9. The Kier molecular flexibility index (Phi) is 7.96. The maximum absolute atomic E-state index is 12.8. The van der Waals surface area contributed by atoms with Gasteiger partial charge in [0.25, 0.3) is 0 Å². The fourth-order valence-corrected chi connectivity index (χ4v) is 4.07. The van der Waals surface area contributed by atoms with Crippen LogP contribution < -0.4 is 15.2 Å². The van der Waals surface area contributed by atoms with Crippen molar-refractivity contribution in [2.45, 2.75) is 25.7 Å². The topological polar surface area (TPSA) is 91.8 Å². The zero-order valence-electron chi connectivity index (χ0n) is 19.2. The van der Waals surface area contributed by atoms with Crippen molar-refractivity contribution in [3.63, 3.8) is 0 Å². The monoisotopic (exact) mass is 436 g/mol. The molecule has 0 spiro atoms. The van der Waals surface area contributed by atoms with Crippen LogP contribution in [0, 0.1) is 11.3 Å². The van der Waals surface area contributed by atoms with Crippen LogP contribution in [0.2, 0.25) is 0 Å². The molecule has 7 nitrogen and oxygen atoms in total. The number of amides is 1. The molecule has 2 N–H and O–H groups in total. The predicted octanol–water partition coefficient (Wildman–Crippen LogP) is 2.65. The van der Waals surface area contributed by atoms with Crippen LogP contribution in [0.3, 0.4) is 0 Å². The van der Waals surface area contributed by atoms with E-state index in [0.29, 0.717) is 35.7 Å². The number of anilines is 1. The summed E-state index contributed by atoms with van der Waals surface area (Å²) in [5.41, 5.74) is 10.1. The van der Waals surface area contributed by atoms with E-state index in [1.165, 1.54) is 0 Å². The number of ether oxygens (including phenoxy) is 2. The molecule has 32 heavy (non-hydrogen) atoms. The fraction of sp³-hybridized carbons (Fsp3) is 0.440. The van der Waals surface area contributed by atoms with E-state index in [-0.39, 0.29) is 5.91 Å². The summed E-state index contributed by atoms with van der Waals surface area (Å²) < 4.78 is 10.8. The number of hydrogen-bond donors (Lipinski definition) is 1. The van der Waals surface area contributed by atoms with Crippen molar-refractivity contribution in [2.75, 3.05) is 53.2 Å². The Morgan fingerprint density at radius 3 is 2.53 bits per heavy atom. The van der Waals surface area contributed by atoms with Crippen molar-refractivity contribution < 1.29 is 14.3 Å². The van der Waals surface area contributed by atoms with Crippen LogP contribution in [0.15, 0.2) is 30.3 Å². The number of hydrogen-bond acceptors (Lipinski definition) is 6. The highest BCUT2D eigenvalue weighted by atomic mass is 16.5. The van der Waals surface area contributed by atoms with Gasteiger partial charge in [-0.05, 0) is 73.8 Å². The van der Waals surface area contributed by atoms with Gasteiger partial charge in [-0.1, -0.05) is 6.07 Å². The molecule has 3 rings (SSSR count). The molecule has 0 aliphatic carbocycles. The summed E-state index contributed by atoms with van der Waals surface area (Å²) in [7, 11) is 5.33. The SMILES string of the molecule is COc1cc2c(cc1OC)CC(=O)N(CCCN(C)CCc1ccc(N)c(C#N)c1)CC2. The molecule has 1 aliphatic heterocycles. The molecule has 2 aromatic carbocycles. The molecule has 0 fully saturated rings. The zero-order chi connectivity index (χ0) is 23.1. The molecule has 2 aromatic rings. The number of nitrogens with zero attached hydrogens (tertiary/aromatic N) is 3. The number of nitriles is 1. The summed E-state index contributed by atoms with van der Waals surface area (Å²) >= 11 is 0. The quantitative estimate of drug-likeness (QED) is 0.608. The van der Waals surface area contributed by atoms with Gasteiger partial charge >= 0.3 is 0 Å². The highest BCUT2D eigenvalue weighted by Crippen LogP contribution is 2.32. The Balaban J connectivity index is 1.48. The number of nitrogens with two attached hydrogens (primary N) is 1. The standard InChI is InChI=1S/C25H32N4O3/c1-28(11-7-18-5-6-22(27)21(13-18)17-26)9-4-10-29-12-8-19-14-23(31-2)24(32-3)15-20(19)16-25(29)30/h5-6,13-15H,4,7-12,16,27H2,1-3H3. The number of carbonyl (C=O) groups excluding carboxylic acids is 1. The van der Waals surface area contributed by atoms with Crippen LogP contribution in [0.4, 0.5) is 5.69 Å². The summed E-state index contributed by atoms with van der Waals surface area (Å²) in [5, 5.41) is 9.13. The second-order valence-electron chi connectivity index (χ2n) is 8.22. The molecule has 1 amide bonds. The fourth-order valence-electron chi connectivity index (χ4n) is 4.07. The number of benzene rings is 2. The van der Waals surface area contributed by atoms with Crippen LogP contribution in [-0.2, 0) is 24.1 Å². The molecule has 0 bridgehead atoms. The van der Waals surface area contributed by atoms with Crippen molar-refractivity contribution >= 4 is 11.6 Å². The van der Waals surface area contributed by atoms with Crippen LogP contribution in [-0.4, -0.2) is 63.2 Å². The molecule has 0 aromatic heterocycles. The maximum Gasteiger partial charge on any atom is 0.227 e. The molecule has 0 radical (unpaired) electrons. The Labute approximate surface area is 190 Å². The number of fused-ring (bicyclic) bond motifs is 1. The molecule has 1 aliphatic rings.